The number of rotatable bonds is 6. The van der Waals surface area contributed by atoms with Crippen LogP contribution in [0.15, 0.2) is 58.0 Å². The smallest absolute Gasteiger partial charge is 0.319 e. The van der Waals surface area contributed by atoms with Gasteiger partial charge in [-0.3, -0.25) is 5.10 Å². The predicted molar refractivity (Wildman–Crippen MR) is 122 cm³/mol. The molecular weight excluding hydrogens is 430 g/mol. The van der Waals surface area contributed by atoms with Gasteiger partial charge in [-0.15, -0.1) is 0 Å². The van der Waals surface area contributed by atoms with Crippen molar-refractivity contribution in [3.8, 4) is 22.7 Å². The SMILES string of the molecule is CCS(=O)(=O)c1ccc2oc(-c3c[nH]nc3-c3cccc(NC(=O)NC(C)C)c3)nc2c1. The lowest BCUT2D eigenvalue weighted by Crippen LogP contribution is -2.34. The van der Waals surface area contributed by atoms with E-state index < -0.39 is 9.84 Å². The van der Waals surface area contributed by atoms with Gasteiger partial charge in [-0.25, -0.2) is 18.2 Å². The van der Waals surface area contributed by atoms with E-state index in [1.165, 1.54) is 12.1 Å². The molecule has 0 atom stereocenters. The molecule has 32 heavy (non-hydrogen) atoms. The van der Waals surface area contributed by atoms with E-state index >= 15 is 0 Å². The van der Waals surface area contributed by atoms with Gasteiger partial charge in [0.05, 0.1) is 16.2 Å². The quantitative estimate of drug-likeness (QED) is 0.401. The molecule has 10 heteroatoms. The zero-order valence-electron chi connectivity index (χ0n) is 17.8. The van der Waals surface area contributed by atoms with Crippen LogP contribution in [0.2, 0.25) is 0 Å². The van der Waals surface area contributed by atoms with Crippen LogP contribution >= 0.6 is 0 Å². The molecule has 2 amide bonds. The van der Waals surface area contributed by atoms with Gasteiger partial charge in [0, 0.05) is 23.5 Å². The topological polar surface area (TPSA) is 130 Å². The minimum absolute atomic E-state index is 0.00859. The van der Waals surface area contributed by atoms with Crippen molar-refractivity contribution in [2.45, 2.75) is 31.7 Å². The van der Waals surface area contributed by atoms with Crippen LogP contribution in [0, 0.1) is 0 Å². The number of amides is 2. The lowest BCUT2D eigenvalue weighted by Gasteiger charge is -2.10. The Hall–Kier alpha value is -3.66. The van der Waals surface area contributed by atoms with Crippen molar-refractivity contribution >= 4 is 32.7 Å². The second kappa shape index (κ2) is 8.46. The summed E-state index contributed by atoms with van der Waals surface area (Å²) in [5.74, 6) is 0.319. The Morgan fingerprint density at radius 2 is 2.00 bits per heavy atom. The minimum atomic E-state index is -3.35. The Bertz CT molecular complexity index is 1390. The lowest BCUT2D eigenvalue weighted by atomic mass is 10.1. The summed E-state index contributed by atoms with van der Waals surface area (Å²) in [6.07, 6.45) is 1.66. The Labute approximate surface area is 185 Å². The number of hydrogen-bond donors (Lipinski definition) is 3. The van der Waals surface area contributed by atoms with E-state index in [0.29, 0.717) is 33.9 Å². The number of hydrogen-bond acceptors (Lipinski definition) is 6. The number of carbonyl (C=O) groups is 1. The molecule has 0 aliphatic rings. The Balaban J connectivity index is 1.68. The van der Waals surface area contributed by atoms with Gasteiger partial charge in [-0.2, -0.15) is 5.10 Å². The van der Waals surface area contributed by atoms with E-state index in [4.69, 9.17) is 4.42 Å². The van der Waals surface area contributed by atoms with Crippen molar-refractivity contribution in [1.29, 1.82) is 0 Å². The fraction of sp³-hybridized carbons (Fsp3) is 0.227. The molecule has 0 saturated carbocycles. The molecule has 0 bridgehead atoms. The zero-order valence-corrected chi connectivity index (χ0v) is 18.7. The van der Waals surface area contributed by atoms with E-state index in [1.54, 1.807) is 31.3 Å². The summed E-state index contributed by atoms with van der Waals surface area (Å²) in [5, 5.41) is 12.7. The fourth-order valence-electron chi connectivity index (χ4n) is 3.23. The zero-order chi connectivity index (χ0) is 22.9. The molecule has 2 aromatic carbocycles. The van der Waals surface area contributed by atoms with Crippen molar-refractivity contribution in [3.05, 3.63) is 48.7 Å². The highest BCUT2D eigenvalue weighted by atomic mass is 32.2. The van der Waals surface area contributed by atoms with Gasteiger partial charge in [0.25, 0.3) is 0 Å². The summed E-state index contributed by atoms with van der Waals surface area (Å²) in [4.78, 5) is 16.7. The summed E-state index contributed by atoms with van der Waals surface area (Å²) in [7, 11) is -3.35. The molecule has 0 unspecified atom stereocenters. The van der Waals surface area contributed by atoms with E-state index in [1.807, 2.05) is 26.0 Å². The van der Waals surface area contributed by atoms with Gasteiger partial charge < -0.3 is 15.1 Å². The Morgan fingerprint density at radius 1 is 1.19 bits per heavy atom. The number of aromatic nitrogens is 3. The van der Waals surface area contributed by atoms with Crippen molar-refractivity contribution in [2.24, 2.45) is 0 Å². The molecule has 9 nitrogen and oxygen atoms in total. The van der Waals surface area contributed by atoms with Crippen LogP contribution in [0.25, 0.3) is 33.8 Å². The maximum atomic E-state index is 12.2. The molecule has 0 fully saturated rings. The van der Waals surface area contributed by atoms with Crippen LogP contribution in [0.4, 0.5) is 10.5 Å². The van der Waals surface area contributed by atoms with Gasteiger partial charge >= 0.3 is 6.03 Å². The predicted octanol–water partition coefficient (Wildman–Crippen LogP) is 4.21. The highest BCUT2D eigenvalue weighted by Gasteiger charge is 2.19. The second-order valence-corrected chi connectivity index (χ2v) is 9.81. The molecule has 0 spiro atoms. The molecule has 0 aliphatic heterocycles. The first-order valence-corrected chi connectivity index (χ1v) is 11.8. The summed E-state index contributed by atoms with van der Waals surface area (Å²) < 4.78 is 30.2. The van der Waals surface area contributed by atoms with Gasteiger partial charge in [0.15, 0.2) is 15.4 Å². The van der Waals surface area contributed by atoms with E-state index in [-0.39, 0.29) is 22.7 Å². The molecular formula is C22H23N5O4S. The molecule has 2 heterocycles. The third-order valence-corrected chi connectivity index (χ3v) is 6.51. The van der Waals surface area contributed by atoms with Crippen molar-refractivity contribution in [2.75, 3.05) is 11.1 Å². The highest BCUT2D eigenvalue weighted by Crippen LogP contribution is 2.33. The number of benzene rings is 2. The molecule has 166 valence electrons. The summed E-state index contributed by atoms with van der Waals surface area (Å²) in [5.41, 5.74) is 3.49. The van der Waals surface area contributed by atoms with Crippen LogP contribution in [-0.4, -0.2) is 41.4 Å². The number of H-pyrrole nitrogens is 1. The molecule has 0 aliphatic carbocycles. The summed E-state index contributed by atoms with van der Waals surface area (Å²) in [6.45, 7) is 5.36. The van der Waals surface area contributed by atoms with Crippen molar-refractivity contribution < 1.29 is 17.6 Å². The van der Waals surface area contributed by atoms with Crippen LogP contribution in [0.3, 0.4) is 0 Å². The molecule has 4 rings (SSSR count). The van der Waals surface area contributed by atoms with Crippen molar-refractivity contribution in [1.82, 2.24) is 20.5 Å². The molecule has 4 aromatic rings. The van der Waals surface area contributed by atoms with Crippen LogP contribution < -0.4 is 10.6 Å². The van der Waals surface area contributed by atoms with Crippen LogP contribution in [0.5, 0.6) is 0 Å². The number of oxazole rings is 1. The largest absolute Gasteiger partial charge is 0.436 e. The number of aromatic amines is 1. The van der Waals surface area contributed by atoms with Gasteiger partial charge in [-0.05, 0) is 44.2 Å². The third-order valence-electron chi connectivity index (χ3n) is 4.78. The first-order chi connectivity index (χ1) is 15.3. The van der Waals surface area contributed by atoms with Crippen molar-refractivity contribution in [3.63, 3.8) is 0 Å². The summed E-state index contributed by atoms with van der Waals surface area (Å²) in [6, 6.07) is 11.6. The number of sulfone groups is 1. The average molecular weight is 454 g/mol. The highest BCUT2D eigenvalue weighted by molar-refractivity contribution is 7.91. The number of carbonyl (C=O) groups excluding carboxylic acids is 1. The second-order valence-electron chi connectivity index (χ2n) is 7.53. The van der Waals surface area contributed by atoms with Gasteiger partial charge in [-0.1, -0.05) is 19.1 Å². The maximum Gasteiger partial charge on any atom is 0.319 e. The van der Waals surface area contributed by atoms with Crippen LogP contribution in [0.1, 0.15) is 20.8 Å². The van der Waals surface area contributed by atoms with E-state index in [9.17, 15) is 13.2 Å². The number of fused-ring (bicyclic) bond motifs is 1. The number of nitrogens with zero attached hydrogens (tertiary/aromatic N) is 2. The average Bonchev–Trinajstić information content (AvgIpc) is 3.39. The Kier molecular flexibility index (Phi) is 5.70. The molecule has 3 N–H and O–H groups in total. The molecule has 0 radical (unpaired) electrons. The normalized spacial score (nSPS) is 11.8. The monoisotopic (exact) mass is 453 g/mol. The number of urea groups is 1. The molecule has 2 aromatic heterocycles. The lowest BCUT2D eigenvalue weighted by molar-refractivity contribution is 0.250. The van der Waals surface area contributed by atoms with Gasteiger partial charge in [0.2, 0.25) is 5.89 Å². The Morgan fingerprint density at radius 3 is 2.75 bits per heavy atom. The minimum Gasteiger partial charge on any atom is -0.436 e. The number of nitrogens with one attached hydrogen (secondary N) is 3. The van der Waals surface area contributed by atoms with E-state index in [2.05, 4.69) is 25.8 Å². The first-order valence-electron chi connectivity index (χ1n) is 10.1. The van der Waals surface area contributed by atoms with Crippen LogP contribution in [-0.2, 0) is 9.84 Å². The third kappa shape index (κ3) is 4.35. The first kappa shape index (κ1) is 21.6. The van der Waals surface area contributed by atoms with Gasteiger partial charge in [0.1, 0.15) is 11.2 Å². The molecule has 0 saturated heterocycles. The number of anilines is 1. The standard InChI is InChI=1S/C22H23N5O4S/c1-4-32(29,30)16-8-9-19-18(11-16)26-21(31-19)17-12-23-27-20(17)14-6-5-7-15(10-14)25-22(28)24-13(2)3/h5-13H,4H2,1-3H3,(H,23,27)(H2,24,25,28). The van der Waals surface area contributed by atoms with E-state index in [0.717, 1.165) is 5.56 Å². The summed E-state index contributed by atoms with van der Waals surface area (Å²) >= 11 is 0. The fourth-order valence-corrected chi connectivity index (χ4v) is 4.13. The maximum absolute atomic E-state index is 12.2.